The van der Waals surface area contributed by atoms with Crippen molar-refractivity contribution in [1.82, 2.24) is 0 Å². The van der Waals surface area contributed by atoms with Gasteiger partial charge in [0.1, 0.15) is 0 Å². The van der Waals surface area contributed by atoms with Crippen LogP contribution in [0.2, 0.25) is 0 Å². The third-order valence-corrected chi connectivity index (χ3v) is 1.22. The van der Waals surface area contributed by atoms with Gasteiger partial charge in [0.15, 0.2) is 0 Å². The molecule has 0 aromatic rings. The van der Waals surface area contributed by atoms with Gasteiger partial charge in [-0.3, -0.25) is 0 Å². The molecule has 1 atom stereocenters. The van der Waals surface area contributed by atoms with Crippen LogP contribution < -0.4 is 0 Å². The normalized spacial score (nSPS) is 16.1. The fourth-order valence-corrected chi connectivity index (χ4v) is 0.223. The van der Waals surface area contributed by atoms with Gasteiger partial charge in [-0.05, 0) is 20.8 Å². The Morgan fingerprint density at radius 2 is 2.00 bits per heavy atom. The Morgan fingerprint density at radius 1 is 1.62 bits per heavy atom. The second-order valence-electron chi connectivity index (χ2n) is 2.53. The molecule has 2 N–H and O–H groups in total. The van der Waals surface area contributed by atoms with E-state index >= 15 is 0 Å². The zero-order valence-electron chi connectivity index (χ0n) is 5.39. The number of hydrogen-bond donors (Lipinski definition) is 2. The van der Waals surface area contributed by atoms with Crippen molar-refractivity contribution >= 4 is 0 Å². The van der Waals surface area contributed by atoms with E-state index in [4.69, 9.17) is 10.2 Å². The highest BCUT2D eigenvalue weighted by molar-refractivity contribution is 4.77. The average molecular weight is 117 g/mol. The molecule has 0 heterocycles. The van der Waals surface area contributed by atoms with Gasteiger partial charge < -0.3 is 10.2 Å². The van der Waals surface area contributed by atoms with Crippen molar-refractivity contribution in [2.75, 3.05) is 6.61 Å². The molecule has 2 nitrogen and oxygen atoms in total. The molecule has 1 unspecified atom stereocenters. The Morgan fingerprint density at radius 3 is 2.00 bits per heavy atom. The third kappa shape index (κ3) is 2.28. The Labute approximate surface area is 50.2 Å². The smallest absolute Gasteiger partial charge is 0.0641 e. The second kappa shape index (κ2) is 2.46. The fraction of sp³-hybridized carbons (Fsp3) is 0.833. The Balaban J connectivity index is 3.62. The first kappa shape index (κ1) is 7.92. The predicted molar refractivity (Wildman–Crippen MR) is 32.2 cm³/mol. The van der Waals surface area contributed by atoms with Gasteiger partial charge in [-0.25, -0.2) is 0 Å². The van der Waals surface area contributed by atoms with E-state index in [1.807, 2.05) is 0 Å². The van der Waals surface area contributed by atoms with E-state index in [0.717, 1.165) is 0 Å². The summed E-state index contributed by atoms with van der Waals surface area (Å²) >= 11 is 0. The van der Waals surface area contributed by atoms with Gasteiger partial charge in [-0.2, -0.15) is 0 Å². The molecule has 1 radical (unpaired) electrons. The van der Waals surface area contributed by atoms with Gasteiger partial charge in [0, 0.05) is 12.5 Å². The molecule has 2 heteroatoms. The van der Waals surface area contributed by atoms with Crippen LogP contribution in [0.25, 0.3) is 0 Å². The highest BCUT2D eigenvalue weighted by Gasteiger charge is 2.20. The molecule has 0 amide bonds. The Kier molecular flexibility index (Phi) is 2.44. The molecular formula is C6H13O2. The van der Waals surface area contributed by atoms with Crippen molar-refractivity contribution in [3.63, 3.8) is 0 Å². The molecule has 0 aliphatic carbocycles. The van der Waals surface area contributed by atoms with E-state index in [1.165, 1.54) is 0 Å². The highest BCUT2D eigenvalue weighted by atomic mass is 16.3. The van der Waals surface area contributed by atoms with Crippen LogP contribution in [-0.4, -0.2) is 22.4 Å². The van der Waals surface area contributed by atoms with Gasteiger partial charge in [0.25, 0.3) is 0 Å². The summed E-state index contributed by atoms with van der Waals surface area (Å²) in [5.74, 6) is -0.289. The lowest BCUT2D eigenvalue weighted by Gasteiger charge is -2.23. The minimum atomic E-state index is -0.852. The van der Waals surface area contributed by atoms with E-state index in [2.05, 4.69) is 6.92 Å². The summed E-state index contributed by atoms with van der Waals surface area (Å²) in [7, 11) is 0. The van der Waals surface area contributed by atoms with Crippen molar-refractivity contribution < 1.29 is 10.2 Å². The van der Waals surface area contributed by atoms with Gasteiger partial charge in [0.05, 0.1) is 5.60 Å². The van der Waals surface area contributed by atoms with Crippen molar-refractivity contribution in [1.29, 1.82) is 0 Å². The Hall–Kier alpha value is -0.0800. The van der Waals surface area contributed by atoms with Crippen LogP contribution in [0, 0.1) is 12.8 Å². The van der Waals surface area contributed by atoms with E-state index in [9.17, 15) is 0 Å². The fourth-order valence-electron chi connectivity index (χ4n) is 0.223. The lowest BCUT2D eigenvalue weighted by molar-refractivity contribution is 0.0119. The largest absolute Gasteiger partial charge is 0.396 e. The summed E-state index contributed by atoms with van der Waals surface area (Å²) in [6.07, 6.45) is 0. The third-order valence-electron chi connectivity index (χ3n) is 1.22. The van der Waals surface area contributed by atoms with Gasteiger partial charge in [-0.15, -0.1) is 0 Å². The predicted octanol–water partition coefficient (Wildman–Crippen LogP) is 0.200. The van der Waals surface area contributed by atoms with Crippen LogP contribution in [0.5, 0.6) is 0 Å². The zero-order valence-corrected chi connectivity index (χ0v) is 5.39. The molecule has 0 aromatic carbocycles. The molecule has 49 valence electrons. The summed E-state index contributed by atoms with van der Waals surface area (Å²) in [6, 6.07) is 0. The molecule has 0 spiro atoms. The summed E-state index contributed by atoms with van der Waals surface area (Å²) in [4.78, 5) is 0. The SMILES string of the molecule is [CH2]C(CO)C(C)(C)O. The standard InChI is InChI=1S/C6H13O2/c1-5(4-7)6(2,3)8/h5,7-8H,1,4H2,2-3H3. The topological polar surface area (TPSA) is 40.5 Å². The van der Waals surface area contributed by atoms with Gasteiger partial charge in [-0.1, -0.05) is 0 Å². The van der Waals surface area contributed by atoms with Crippen molar-refractivity contribution in [2.24, 2.45) is 5.92 Å². The summed E-state index contributed by atoms with van der Waals surface area (Å²) in [6.45, 7) is 6.71. The first-order chi connectivity index (χ1) is 3.48. The number of aliphatic hydroxyl groups is 2. The molecule has 0 saturated heterocycles. The molecule has 0 aliphatic rings. The molecule has 0 saturated carbocycles. The van der Waals surface area contributed by atoms with E-state index in [0.29, 0.717) is 0 Å². The molecule has 0 aromatic heterocycles. The van der Waals surface area contributed by atoms with Crippen LogP contribution in [0.3, 0.4) is 0 Å². The first-order valence-corrected chi connectivity index (χ1v) is 2.65. The van der Waals surface area contributed by atoms with Crippen molar-refractivity contribution in [3.05, 3.63) is 6.92 Å². The molecular weight excluding hydrogens is 104 g/mol. The quantitative estimate of drug-likeness (QED) is 0.542. The monoisotopic (exact) mass is 117 g/mol. The highest BCUT2D eigenvalue weighted by Crippen LogP contribution is 2.13. The summed E-state index contributed by atoms with van der Waals surface area (Å²) in [5.41, 5.74) is -0.852. The zero-order chi connectivity index (χ0) is 6.78. The van der Waals surface area contributed by atoms with Crippen LogP contribution >= 0.6 is 0 Å². The molecule has 0 fully saturated rings. The first-order valence-electron chi connectivity index (χ1n) is 2.65. The van der Waals surface area contributed by atoms with Crippen LogP contribution in [0.1, 0.15) is 13.8 Å². The lowest BCUT2D eigenvalue weighted by Crippen LogP contribution is -2.31. The minimum Gasteiger partial charge on any atom is -0.396 e. The van der Waals surface area contributed by atoms with Crippen LogP contribution in [-0.2, 0) is 0 Å². The van der Waals surface area contributed by atoms with Gasteiger partial charge in [0.2, 0.25) is 0 Å². The number of rotatable bonds is 2. The average Bonchev–Trinajstić information content (AvgIpc) is 1.62. The maximum atomic E-state index is 9.06. The maximum Gasteiger partial charge on any atom is 0.0641 e. The molecule has 8 heavy (non-hydrogen) atoms. The molecule has 0 aliphatic heterocycles. The minimum absolute atomic E-state index is 0.0660. The summed E-state index contributed by atoms with van der Waals surface area (Å²) < 4.78 is 0. The van der Waals surface area contributed by atoms with Crippen molar-refractivity contribution in [2.45, 2.75) is 19.4 Å². The van der Waals surface area contributed by atoms with E-state index in [1.54, 1.807) is 13.8 Å². The lowest BCUT2D eigenvalue weighted by atomic mass is 9.94. The summed E-state index contributed by atoms with van der Waals surface area (Å²) in [5, 5.41) is 17.5. The number of hydrogen-bond acceptors (Lipinski definition) is 2. The Bertz CT molecular complexity index is 63.4. The van der Waals surface area contributed by atoms with Crippen LogP contribution in [0.4, 0.5) is 0 Å². The molecule has 0 rings (SSSR count). The van der Waals surface area contributed by atoms with E-state index < -0.39 is 5.60 Å². The second-order valence-corrected chi connectivity index (χ2v) is 2.53. The number of aliphatic hydroxyl groups excluding tert-OH is 1. The maximum absolute atomic E-state index is 9.06. The van der Waals surface area contributed by atoms with E-state index in [-0.39, 0.29) is 12.5 Å². The van der Waals surface area contributed by atoms with Crippen LogP contribution in [0.15, 0.2) is 0 Å². The van der Waals surface area contributed by atoms with Crippen molar-refractivity contribution in [3.8, 4) is 0 Å². The molecule has 0 bridgehead atoms. The van der Waals surface area contributed by atoms with Gasteiger partial charge >= 0.3 is 0 Å².